The van der Waals surface area contributed by atoms with Crippen molar-refractivity contribution in [2.45, 2.75) is 19.1 Å². The zero-order valence-electron chi connectivity index (χ0n) is 9.94. The molecule has 0 aliphatic carbocycles. The number of rotatable bonds is 3. The molecule has 0 aromatic heterocycles. The van der Waals surface area contributed by atoms with Crippen molar-refractivity contribution in [2.24, 2.45) is 5.16 Å². The standard InChI is InChI=1S/C12H14BrNO3/c1-7-11(12(16-3)17-14-7)8-4-5-10(15-2)9(13)6-8/h4-6,11-12H,1-3H3. The molecule has 2 unspecified atom stereocenters. The Bertz CT molecular complexity index is 447. The van der Waals surface area contributed by atoms with E-state index in [0.717, 1.165) is 21.5 Å². The van der Waals surface area contributed by atoms with Gasteiger partial charge < -0.3 is 14.3 Å². The minimum atomic E-state index is -0.352. The molecule has 2 atom stereocenters. The summed E-state index contributed by atoms with van der Waals surface area (Å²) in [6, 6.07) is 5.91. The number of ether oxygens (including phenoxy) is 2. The lowest BCUT2D eigenvalue weighted by Gasteiger charge is -2.17. The van der Waals surface area contributed by atoms with Gasteiger partial charge in [0.25, 0.3) is 0 Å². The summed E-state index contributed by atoms with van der Waals surface area (Å²) in [7, 11) is 3.26. The molecule has 1 aliphatic heterocycles. The summed E-state index contributed by atoms with van der Waals surface area (Å²) >= 11 is 3.47. The molecule has 0 amide bonds. The van der Waals surface area contributed by atoms with Gasteiger partial charge in [0.15, 0.2) is 0 Å². The van der Waals surface area contributed by atoms with Crippen LogP contribution in [0.15, 0.2) is 27.8 Å². The average molecular weight is 300 g/mol. The van der Waals surface area contributed by atoms with Crippen LogP contribution in [0.1, 0.15) is 18.4 Å². The minimum absolute atomic E-state index is 0.0298. The van der Waals surface area contributed by atoms with Crippen molar-refractivity contribution >= 4 is 21.6 Å². The number of nitrogens with zero attached hydrogens (tertiary/aromatic N) is 1. The molecule has 1 aliphatic rings. The second-order valence-corrected chi connectivity index (χ2v) is 4.67. The maximum atomic E-state index is 5.26. The van der Waals surface area contributed by atoms with Gasteiger partial charge in [0.05, 0.1) is 23.2 Å². The van der Waals surface area contributed by atoms with Crippen LogP contribution in [0, 0.1) is 0 Å². The molecule has 0 spiro atoms. The lowest BCUT2D eigenvalue weighted by atomic mass is 9.95. The van der Waals surface area contributed by atoms with Crippen molar-refractivity contribution in [3.05, 3.63) is 28.2 Å². The molecule has 0 bridgehead atoms. The van der Waals surface area contributed by atoms with E-state index in [4.69, 9.17) is 14.3 Å². The highest BCUT2D eigenvalue weighted by molar-refractivity contribution is 9.10. The van der Waals surface area contributed by atoms with Crippen molar-refractivity contribution < 1.29 is 14.3 Å². The fourth-order valence-electron chi connectivity index (χ4n) is 1.90. The van der Waals surface area contributed by atoms with Crippen LogP contribution in [0.3, 0.4) is 0 Å². The van der Waals surface area contributed by atoms with E-state index in [2.05, 4.69) is 21.1 Å². The Hall–Kier alpha value is -1.07. The van der Waals surface area contributed by atoms with Crippen LogP contribution in [0.2, 0.25) is 0 Å². The monoisotopic (exact) mass is 299 g/mol. The first-order valence-corrected chi connectivity index (χ1v) is 6.03. The van der Waals surface area contributed by atoms with Crippen LogP contribution in [0.25, 0.3) is 0 Å². The molecule has 1 aromatic rings. The van der Waals surface area contributed by atoms with Gasteiger partial charge in [0.2, 0.25) is 6.29 Å². The highest BCUT2D eigenvalue weighted by atomic mass is 79.9. The first-order chi connectivity index (χ1) is 8.17. The average Bonchev–Trinajstić information content (AvgIpc) is 2.70. The summed E-state index contributed by atoms with van der Waals surface area (Å²) in [5.74, 6) is 0.832. The summed E-state index contributed by atoms with van der Waals surface area (Å²) in [4.78, 5) is 5.20. The SMILES string of the molecule is COc1ccc(C2C(C)=NOC2OC)cc1Br. The van der Waals surface area contributed by atoms with Crippen LogP contribution >= 0.6 is 15.9 Å². The Morgan fingerprint density at radius 3 is 2.71 bits per heavy atom. The molecule has 0 saturated carbocycles. The van der Waals surface area contributed by atoms with Gasteiger partial charge >= 0.3 is 0 Å². The van der Waals surface area contributed by atoms with Gasteiger partial charge in [-0.15, -0.1) is 0 Å². The largest absolute Gasteiger partial charge is 0.496 e. The quantitative estimate of drug-likeness (QED) is 0.861. The molecule has 17 heavy (non-hydrogen) atoms. The molecule has 1 aromatic carbocycles. The predicted molar refractivity (Wildman–Crippen MR) is 68.4 cm³/mol. The summed E-state index contributed by atoms with van der Waals surface area (Å²) in [5.41, 5.74) is 2.00. The Kier molecular flexibility index (Phi) is 3.69. The lowest BCUT2D eigenvalue weighted by molar-refractivity contribution is -0.112. The van der Waals surface area contributed by atoms with Crippen LogP contribution < -0.4 is 4.74 Å². The van der Waals surface area contributed by atoms with Gasteiger partial charge in [0, 0.05) is 7.11 Å². The lowest BCUT2D eigenvalue weighted by Crippen LogP contribution is -2.21. The second-order valence-electron chi connectivity index (χ2n) is 3.81. The molecule has 5 heteroatoms. The molecule has 0 radical (unpaired) electrons. The van der Waals surface area contributed by atoms with Gasteiger partial charge in [-0.2, -0.15) is 0 Å². The molecule has 0 N–H and O–H groups in total. The van der Waals surface area contributed by atoms with E-state index < -0.39 is 0 Å². The van der Waals surface area contributed by atoms with E-state index in [1.54, 1.807) is 14.2 Å². The first-order valence-electron chi connectivity index (χ1n) is 5.24. The number of oxime groups is 1. The van der Waals surface area contributed by atoms with Crippen LogP contribution in [-0.2, 0) is 9.57 Å². The van der Waals surface area contributed by atoms with E-state index in [1.165, 1.54) is 0 Å². The summed E-state index contributed by atoms with van der Waals surface area (Å²) in [6.45, 7) is 1.93. The number of halogens is 1. The molecular weight excluding hydrogens is 286 g/mol. The van der Waals surface area contributed by atoms with Crippen molar-refractivity contribution in [3.63, 3.8) is 0 Å². The van der Waals surface area contributed by atoms with Crippen molar-refractivity contribution in [1.29, 1.82) is 0 Å². The second kappa shape index (κ2) is 5.06. The first kappa shape index (κ1) is 12.4. The van der Waals surface area contributed by atoms with Gasteiger partial charge in [-0.1, -0.05) is 11.2 Å². The highest BCUT2D eigenvalue weighted by Crippen LogP contribution is 2.34. The third-order valence-corrected chi connectivity index (χ3v) is 3.41. The summed E-state index contributed by atoms with van der Waals surface area (Å²) in [6.07, 6.45) is -0.352. The van der Waals surface area contributed by atoms with Crippen LogP contribution in [0.5, 0.6) is 5.75 Å². The van der Waals surface area contributed by atoms with Gasteiger partial charge in [-0.05, 0) is 40.5 Å². The van der Waals surface area contributed by atoms with E-state index >= 15 is 0 Å². The van der Waals surface area contributed by atoms with E-state index in [9.17, 15) is 0 Å². The summed E-state index contributed by atoms with van der Waals surface area (Å²) in [5, 5.41) is 3.96. The number of methoxy groups -OCH3 is 2. The summed E-state index contributed by atoms with van der Waals surface area (Å²) < 4.78 is 11.4. The van der Waals surface area contributed by atoms with Gasteiger partial charge in [0.1, 0.15) is 5.75 Å². The van der Waals surface area contributed by atoms with E-state index in [-0.39, 0.29) is 12.2 Å². The third kappa shape index (κ3) is 2.30. The number of hydrogen-bond donors (Lipinski definition) is 0. The van der Waals surface area contributed by atoms with Crippen molar-refractivity contribution in [3.8, 4) is 5.75 Å². The molecule has 2 rings (SSSR count). The maximum absolute atomic E-state index is 5.26. The Morgan fingerprint density at radius 2 is 2.12 bits per heavy atom. The smallest absolute Gasteiger partial charge is 0.238 e. The topological polar surface area (TPSA) is 40.0 Å². The molecule has 4 nitrogen and oxygen atoms in total. The maximum Gasteiger partial charge on any atom is 0.238 e. The van der Waals surface area contributed by atoms with Gasteiger partial charge in [-0.25, -0.2) is 0 Å². The van der Waals surface area contributed by atoms with Crippen molar-refractivity contribution in [2.75, 3.05) is 14.2 Å². The minimum Gasteiger partial charge on any atom is -0.496 e. The molecular formula is C12H14BrNO3. The predicted octanol–water partition coefficient (Wildman–Crippen LogP) is 2.92. The van der Waals surface area contributed by atoms with Crippen LogP contribution in [0.4, 0.5) is 0 Å². The van der Waals surface area contributed by atoms with E-state index in [0.29, 0.717) is 0 Å². The highest BCUT2D eigenvalue weighted by Gasteiger charge is 2.33. The Morgan fingerprint density at radius 1 is 1.35 bits per heavy atom. The molecule has 0 fully saturated rings. The van der Waals surface area contributed by atoms with Gasteiger partial charge in [-0.3, -0.25) is 0 Å². The molecule has 1 heterocycles. The zero-order valence-corrected chi connectivity index (χ0v) is 11.5. The fourth-order valence-corrected chi connectivity index (χ4v) is 2.46. The zero-order chi connectivity index (χ0) is 12.4. The van der Waals surface area contributed by atoms with Crippen molar-refractivity contribution in [1.82, 2.24) is 0 Å². The normalized spacial score (nSPS) is 23.2. The number of benzene rings is 1. The molecule has 92 valence electrons. The number of hydrogen-bond acceptors (Lipinski definition) is 4. The Labute approximate surface area is 109 Å². The Balaban J connectivity index is 2.33. The molecule has 0 saturated heterocycles. The fraction of sp³-hybridized carbons (Fsp3) is 0.417. The van der Waals surface area contributed by atoms with E-state index in [1.807, 2.05) is 25.1 Å². The van der Waals surface area contributed by atoms with Crippen LogP contribution in [-0.4, -0.2) is 26.2 Å². The third-order valence-electron chi connectivity index (χ3n) is 2.79.